The fourth-order valence-corrected chi connectivity index (χ4v) is 1.95. The third-order valence-corrected chi connectivity index (χ3v) is 3.20. The average molecular weight is 282 g/mol. The molecule has 1 amide bonds. The third-order valence-electron chi connectivity index (χ3n) is 3.20. The van der Waals surface area contributed by atoms with Gasteiger partial charge in [-0.1, -0.05) is 12.1 Å². The molecule has 0 aliphatic carbocycles. The minimum atomic E-state index is -0.0533. The number of anilines is 2. The molecule has 0 saturated heterocycles. The molecule has 2 rings (SSSR count). The Balaban J connectivity index is 1.86. The lowest BCUT2D eigenvalue weighted by Gasteiger charge is -2.06. The van der Waals surface area contributed by atoms with Crippen molar-refractivity contribution in [2.45, 2.75) is 19.8 Å². The molecule has 2 aromatic rings. The van der Waals surface area contributed by atoms with Gasteiger partial charge in [-0.15, -0.1) is 0 Å². The topological polar surface area (TPSA) is 72.2 Å². The lowest BCUT2D eigenvalue weighted by Crippen LogP contribution is -2.12. The molecular weight excluding hydrogens is 264 g/mol. The van der Waals surface area contributed by atoms with E-state index in [9.17, 15) is 9.59 Å². The lowest BCUT2D eigenvalue weighted by atomic mass is 10.1. The number of rotatable bonds is 5. The van der Waals surface area contributed by atoms with Crippen molar-refractivity contribution in [2.24, 2.45) is 0 Å². The Labute approximate surface area is 124 Å². The van der Waals surface area contributed by atoms with Crippen molar-refractivity contribution < 1.29 is 9.59 Å². The van der Waals surface area contributed by atoms with Gasteiger partial charge in [-0.05, 0) is 55.3 Å². The average Bonchev–Trinajstić information content (AvgIpc) is 2.47. The molecule has 0 spiro atoms. The van der Waals surface area contributed by atoms with Gasteiger partial charge < -0.3 is 11.1 Å². The Morgan fingerprint density at radius 1 is 1.00 bits per heavy atom. The summed E-state index contributed by atoms with van der Waals surface area (Å²) in [6.45, 7) is 1.51. The summed E-state index contributed by atoms with van der Waals surface area (Å²) in [7, 11) is 0. The van der Waals surface area contributed by atoms with Gasteiger partial charge in [0.15, 0.2) is 5.78 Å². The van der Waals surface area contributed by atoms with Gasteiger partial charge in [-0.2, -0.15) is 0 Å². The first kappa shape index (κ1) is 14.8. The van der Waals surface area contributed by atoms with Crippen LogP contribution in [0.4, 0.5) is 11.4 Å². The van der Waals surface area contributed by atoms with Crippen molar-refractivity contribution in [3.63, 3.8) is 0 Å². The van der Waals surface area contributed by atoms with Crippen LogP contribution in [0, 0.1) is 0 Å². The Morgan fingerprint density at radius 3 is 2.19 bits per heavy atom. The van der Waals surface area contributed by atoms with E-state index in [0.29, 0.717) is 29.8 Å². The molecule has 0 saturated carbocycles. The molecule has 108 valence electrons. The SMILES string of the molecule is CC(=O)c1ccc(NC(=O)CCc2ccc(N)cc2)cc1. The predicted molar refractivity (Wildman–Crippen MR) is 84.3 cm³/mol. The molecule has 0 radical (unpaired) electrons. The molecule has 3 N–H and O–H groups in total. The van der Waals surface area contributed by atoms with E-state index < -0.39 is 0 Å². The summed E-state index contributed by atoms with van der Waals surface area (Å²) < 4.78 is 0. The van der Waals surface area contributed by atoms with E-state index in [1.165, 1.54) is 6.92 Å². The summed E-state index contributed by atoms with van der Waals surface area (Å²) >= 11 is 0. The van der Waals surface area contributed by atoms with Crippen molar-refractivity contribution in [1.82, 2.24) is 0 Å². The number of nitrogen functional groups attached to an aromatic ring is 1. The minimum Gasteiger partial charge on any atom is -0.399 e. The normalized spacial score (nSPS) is 10.1. The Hall–Kier alpha value is -2.62. The zero-order chi connectivity index (χ0) is 15.2. The van der Waals surface area contributed by atoms with E-state index in [0.717, 1.165) is 5.56 Å². The highest BCUT2D eigenvalue weighted by atomic mass is 16.1. The van der Waals surface area contributed by atoms with Crippen molar-refractivity contribution in [2.75, 3.05) is 11.1 Å². The van der Waals surface area contributed by atoms with Crippen LogP contribution in [-0.2, 0) is 11.2 Å². The molecule has 0 atom stereocenters. The molecule has 0 heterocycles. The van der Waals surface area contributed by atoms with Crippen LogP contribution in [-0.4, -0.2) is 11.7 Å². The van der Waals surface area contributed by atoms with E-state index in [-0.39, 0.29) is 11.7 Å². The zero-order valence-corrected chi connectivity index (χ0v) is 11.9. The summed E-state index contributed by atoms with van der Waals surface area (Å²) in [5.41, 5.74) is 8.74. The number of nitrogens with two attached hydrogens (primary N) is 1. The largest absolute Gasteiger partial charge is 0.399 e. The van der Waals surface area contributed by atoms with E-state index in [2.05, 4.69) is 5.32 Å². The fourth-order valence-electron chi connectivity index (χ4n) is 1.95. The third kappa shape index (κ3) is 4.45. The van der Waals surface area contributed by atoms with Crippen LogP contribution in [0.2, 0.25) is 0 Å². The lowest BCUT2D eigenvalue weighted by molar-refractivity contribution is -0.116. The molecule has 4 nitrogen and oxygen atoms in total. The van der Waals surface area contributed by atoms with Gasteiger partial charge in [-0.25, -0.2) is 0 Å². The summed E-state index contributed by atoms with van der Waals surface area (Å²) in [5, 5.41) is 2.81. The van der Waals surface area contributed by atoms with Crippen LogP contribution in [0.3, 0.4) is 0 Å². The van der Waals surface area contributed by atoms with Gasteiger partial charge in [0, 0.05) is 23.4 Å². The number of ketones is 1. The molecule has 0 fully saturated rings. The maximum atomic E-state index is 11.9. The molecule has 2 aromatic carbocycles. The van der Waals surface area contributed by atoms with Gasteiger partial charge in [0.05, 0.1) is 0 Å². The second-order valence-corrected chi connectivity index (χ2v) is 4.92. The minimum absolute atomic E-state index is 0.0104. The number of carbonyl (C=O) groups is 2. The first-order valence-corrected chi connectivity index (χ1v) is 6.80. The van der Waals surface area contributed by atoms with Gasteiger partial charge in [0.25, 0.3) is 0 Å². The number of amides is 1. The van der Waals surface area contributed by atoms with Crippen LogP contribution in [0.5, 0.6) is 0 Å². The van der Waals surface area contributed by atoms with Crippen LogP contribution < -0.4 is 11.1 Å². The fraction of sp³-hybridized carbons (Fsp3) is 0.176. The summed E-state index contributed by atoms with van der Waals surface area (Å²) in [6.07, 6.45) is 1.07. The maximum Gasteiger partial charge on any atom is 0.224 e. The molecule has 0 aliphatic rings. The monoisotopic (exact) mass is 282 g/mol. The van der Waals surface area contributed by atoms with Crippen molar-refractivity contribution >= 4 is 23.1 Å². The van der Waals surface area contributed by atoms with Gasteiger partial charge in [0.2, 0.25) is 5.91 Å². The van der Waals surface area contributed by atoms with Gasteiger partial charge >= 0.3 is 0 Å². The van der Waals surface area contributed by atoms with Crippen LogP contribution in [0.25, 0.3) is 0 Å². The summed E-state index contributed by atoms with van der Waals surface area (Å²) in [6, 6.07) is 14.4. The smallest absolute Gasteiger partial charge is 0.224 e. The second kappa shape index (κ2) is 6.70. The number of hydrogen-bond acceptors (Lipinski definition) is 3. The molecule has 0 unspecified atom stereocenters. The Kier molecular flexibility index (Phi) is 4.72. The van der Waals surface area contributed by atoms with Crippen molar-refractivity contribution in [3.05, 3.63) is 59.7 Å². The standard InChI is InChI=1S/C17H18N2O2/c1-12(20)14-5-9-16(10-6-14)19-17(21)11-4-13-2-7-15(18)8-3-13/h2-3,5-10H,4,11,18H2,1H3,(H,19,21). The predicted octanol–water partition coefficient (Wildman–Crippen LogP) is 3.04. The molecule has 4 heteroatoms. The second-order valence-electron chi connectivity index (χ2n) is 4.92. The Bertz CT molecular complexity index is 631. The summed E-state index contributed by atoms with van der Waals surface area (Å²) in [5.74, 6) is -0.0429. The summed E-state index contributed by atoms with van der Waals surface area (Å²) in [4.78, 5) is 23.0. The maximum absolute atomic E-state index is 11.9. The van der Waals surface area contributed by atoms with E-state index >= 15 is 0 Å². The first-order chi connectivity index (χ1) is 10.0. The van der Waals surface area contributed by atoms with Gasteiger partial charge in [-0.3, -0.25) is 9.59 Å². The molecule has 0 aromatic heterocycles. The number of hydrogen-bond donors (Lipinski definition) is 2. The molecule has 0 aliphatic heterocycles. The van der Waals surface area contributed by atoms with Crippen molar-refractivity contribution in [3.8, 4) is 0 Å². The highest BCUT2D eigenvalue weighted by Crippen LogP contribution is 2.12. The van der Waals surface area contributed by atoms with E-state index in [1.807, 2.05) is 24.3 Å². The number of aryl methyl sites for hydroxylation is 1. The number of carbonyl (C=O) groups excluding carboxylic acids is 2. The number of nitrogens with one attached hydrogen (secondary N) is 1. The van der Waals surface area contributed by atoms with E-state index in [4.69, 9.17) is 5.73 Å². The highest BCUT2D eigenvalue weighted by molar-refractivity contribution is 5.95. The highest BCUT2D eigenvalue weighted by Gasteiger charge is 2.04. The zero-order valence-electron chi connectivity index (χ0n) is 11.9. The molecular formula is C17H18N2O2. The number of Topliss-reactive ketones (excluding diaryl/α,β-unsaturated/α-hetero) is 1. The molecule has 0 bridgehead atoms. The van der Waals surface area contributed by atoms with Crippen molar-refractivity contribution in [1.29, 1.82) is 0 Å². The van der Waals surface area contributed by atoms with Crippen LogP contribution >= 0.6 is 0 Å². The quantitative estimate of drug-likeness (QED) is 0.654. The van der Waals surface area contributed by atoms with Crippen LogP contribution in [0.1, 0.15) is 29.3 Å². The van der Waals surface area contributed by atoms with Crippen LogP contribution in [0.15, 0.2) is 48.5 Å². The Morgan fingerprint density at radius 2 is 1.62 bits per heavy atom. The van der Waals surface area contributed by atoms with Gasteiger partial charge in [0.1, 0.15) is 0 Å². The molecule has 21 heavy (non-hydrogen) atoms. The number of benzene rings is 2. The van der Waals surface area contributed by atoms with E-state index in [1.54, 1.807) is 24.3 Å². The first-order valence-electron chi connectivity index (χ1n) is 6.80.